The van der Waals surface area contributed by atoms with E-state index in [2.05, 4.69) is 15.3 Å². The van der Waals surface area contributed by atoms with Crippen LogP contribution in [0.4, 0.5) is 0 Å². The second-order valence-electron chi connectivity index (χ2n) is 3.43. The van der Waals surface area contributed by atoms with Gasteiger partial charge in [-0.15, -0.1) is 11.3 Å². The molecule has 1 aliphatic rings. The van der Waals surface area contributed by atoms with Crippen molar-refractivity contribution in [2.45, 2.75) is 25.4 Å². The van der Waals surface area contributed by atoms with Crippen molar-refractivity contribution >= 4 is 11.3 Å². The van der Waals surface area contributed by atoms with Gasteiger partial charge in [0.15, 0.2) is 0 Å². The number of hydrogen-bond donors (Lipinski definition) is 1. The molecule has 1 N–H and O–H groups in total. The van der Waals surface area contributed by atoms with Crippen molar-refractivity contribution in [3.05, 3.63) is 16.6 Å². The minimum Gasteiger partial charge on any atom is -0.395 e. The Kier molecular flexibility index (Phi) is 2.93. The molecular formula is C9H14N2OS. The Bertz CT molecular complexity index is 250. The van der Waals surface area contributed by atoms with Crippen molar-refractivity contribution in [2.75, 3.05) is 13.2 Å². The molecule has 13 heavy (non-hydrogen) atoms. The summed E-state index contributed by atoms with van der Waals surface area (Å²) in [6, 6.07) is 0.363. The Morgan fingerprint density at radius 3 is 3.31 bits per heavy atom. The molecular weight excluding hydrogens is 184 g/mol. The van der Waals surface area contributed by atoms with Crippen LogP contribution in [-0.2, 0) is 6.54 Å². The first-order chi connectivity index (χ1) is 6.40. The lowest BCUT2D eigenvalue weighted by molar-refractivity contribution is 0.152. The zero-order valence-corrected chi connectivity index (χ0v) is 8.33. The van der Waals surface area contributed by atoms with E-state index in [9.17, 15) is 0 Å². The molecule has 1 fully saturated rings. The molecule has 1 aromatic rings. The van der Waals surface area contributed by atoms with Crippen molar-refractivity contribution in [1.82, 2.24) is 9.88 Å². The summed E-state index contributed by atoms with van der Waals surface area (Å²) in [5.41, 5.74) is 2.99. The van der Waals surface area contributed by atoms with Gasteiger partial charge < -0.3 is 5.11 Å². The van der Waals surface area contributed by atoms with E-state index in [4.69, 9.17) is 5.11 Å². The van der Waals surface area contributed by atoms with Crippen LogP contribution in [-0.4, -0.2) is 34.2 Å². The monoisotopic (exact) mass is 198 g/mol. The minimum atomic E-state index is 0.282. The molecule has 0 radical (unpaired) electrons. The zero-order valence-electron chi connectivity index (χ0n) is 7.52. The second-order valence-corrected chi connectivity index (χ2v) is 4.15. The summed E-state index contributed by atoms with van der Waals surface area (Å²) >= 11 is 1.63. The summed E-state index contributed by atoms with van der Waals surface area (Å²) in [5.74, 6) is 0. The molecule has 72 valence electrons. The van der Waals surface area contributed by atoms with Gasteiger partial charge >= 0.3 is 0 Å². The van der Waals surface area contributed by atoms with Crippen molar-refractivity contribution in [2.24, 2.45) is 0 Å². The highest BCUT2D eigenvalue weighted by atomic mass is 32.1. The van der Waals surface area contributed by atoms with Gasteiger partial charge in [-0.2, -0.15) is 0 Å². The largest absolute Gasteiger partial charge is 0.395 e. The molecule has 3 nitrogen and oxygen atoms in total. The van der Waals surface area contributed by atoms with Gasteiger partial charge in [-0.3, -0.25) is 4.90 Å². The number of rotatable bonds is 3. The van der Waals surface area contributed by atoms with E-state index < -0.39 is 0 Å². The lowest BCUT2D eigenvalue weighted by Gasteiger charge is -2.21. The summed E-state index contributed by atoms with van der Waals surface area (Å²) < 4.78 is 0. The lowest BCUT2D eigenvalue weighted by Crippen LogP contribution is -2.31. The van der Waals surface area contributed by atoms with Gasteiger partial charge in [-0.1, -0.05) is 0 Å². The molecule has 0 saturated carbocycles. The number of likely N-dealkylation sites (tertiary alicyclic amines) is 1. The number of hydrogen-bond acceptors (Lipinski definition) is 4. The van der Waals surface area contributed by atoms with Crippen LogP contribution in [0.15, 0.2) is 10.9 Å². The highest BCUT2D eigenvalue weighted by Gasteiger charge is 2.23. The average molecular weight is 198 g/mol. The van der Waals surface area contributed by atoms with Gasteiger partial charge in [-0.05, 0) is 19.4 Å². The van der Waals surface area contributed by atoms with Crippen LogP contribution in [0, 0.1) is 0 Å². The molecule has 0 spiro atoms. The first-order valence-corrected chi connectivity index (χ1v) is 5.56. The van der Waals surface area contributed by atoms with E-state index >= 15 is 0 Å². The van der Waals surface area contributed by atoms with Crippen LogP contribution in [0.2, 0.25) is 0 Å². The zero-order chi connectivity index (χ0) is 9.10. The Labute approximate surface area is 82.0 Å². The Morgan fingerprint density at radius 1 is 1.69 bits per heavy atom. The standard InChI is InChI=1S/C9H14N2OS/c12-5-9-2-1-3-11(9)4-8-6-13-7-10-8/h6-7,9,12H,1-5H2/t9-/m0/s1. The number of aliphatic hydroxyl groups is 1. The molecule has 1 aromatic heterocycles. The minimum absolute atomic E-state index is 0.282. The predicted molar refractivity (Wildman–Crippen MR) is 52.6 cm³/mol. The van der Waals surface area contributed by atoms with Crippen LogP contribution < -0.4 is 0 Å². The molecule has 0 unspecified atom stereocenters. The van der Waals surface area contributed by atoms with Gasteiger partial charge in [0.25, 0.3) is 0 Å². The van der Waals surface area contributed by atoms with E-state index in [-0.39, 0.29) is 6.61 Å². The smallest absolute Gasteiger partial charge is 0.0795 e. The molecule has 4 heteroatoms. The van der Waals surface area contributed by atoms with E-state index in [1.807, 2.05) is 5.51 Å². The highest BCUT2D eigenvalue weighted by Crippen LogP contribution is 2.19. The molecule has 1 atom stereocenters. The first-order valence-electron chi connectivity index (χ1n) is 4.62. The maximum absolute atomic E-state index is 9.11. The van der Waals surface area contributed by atoms with E-state index in [1.165, 1.54) is 6.42 Å². The molecule has 1 aliphatic heterocycles. The molecule has 2 heterocycles. The molecule has 0 amide bonds. The van der Waals surface area contributed by atoms with Crippen molar-refractivity contribution in [1.29, 1.82) is 0 Å². The quantitative estimate of drug-likeness (QED) is 0.790. The van der Waals surface area contributed by atoms with E-state index in [0.717, 1.165) is 25.2 Å². The number of nitrogens with zero attached hydrogens (tertiary/aromatic N) is 2. The van der Waals surface area contributed by atoms with Crippen molar-refractivity contribution in [3.63, 3.8) is 0 Å². The maximum atomic E-state index is 9.11. The van der Waals surface area contributed by atoms with Crippen LogP contribution in [0.5, 0.6) is 0 Å². The Morgan fingerprint density at radius 2 is 2.62 bits per heavy atom. The highest BCUT2D eigenvalue weighted by molar-refractivity contribution is 7.07. The number of aromatic nitrogens is 1. The Hall–Kier alpha value is -0.450. The van der Waals surface area contributed by atoms with Crippen LogP contribution in [0.1, 0.15) is 18.5 Å². The lowest BCUT2D eigenvalue weighted by atomic mass is 10.2. The van der Waals surface area contributed by atoms with Gasteiger partial charge in [0.1, 0.15) is 0 Å². The topological polar surface area (TPSA) is 36.4 Å². The fraction of sp³-hybridized carbons (Fsp3) is 0.667. The van der Waals surface area contributed by atoms with Crippen molar-refractivity contribution in [3.8, 4) is 0 Å². The first kappa shape index (κ1) is 9.12. The van der Waals surface area contributed by atoms with Gasteiger partial charge in [0.05, 0.1) is 17.8 Å². The second kappa shape index (κ2) is 4.17. The fourth-order valence-electron chi connectivity index (χ4n) is 1.83. The third-order valence-electron chi connectivity index (χ3n) is 2.56. The number of thiazole rings is 1. The van der Waals surface area contributed by atoms with Gasteiger partial charge in [-0.25, -0.2) is 4.98 Å². The molecule has 0 aromatic carbocycles. The van der Waals surface area contributed by atoms with E-state index in [0.29, 0.717) is 6.04 Å². The molecule has 1 saturated heterocycles. The van der Waals surface area contributed by atoms with Gasteiger partial charge in [0, 0.05) is 18.0 Å². The third-order valence-corrected chi connectivity index (χ3v) is 3.19. The summed E-state index contributed by atoms with van der Waals surface area (Å²) in [6.07, 6.45) is 2.33. The van der Waals surface area contributed by atoms with Crippen LogP contribution >= 0.6 is 11.3 Å². The summed E-state index contributed by atoms with van der Waals surface area (Å²) in [7, 11) is 0. The fourth-order valence-corrected chi connectivity index (χ4v) is 2.38. The van der Waals surface area contributed by atoms with E-state index in [1.54, 1.807) is 11.3 Å². The van der Waals surface area contributed by atoms with Crippen LogP contribution in [0.25, 0.3) is 0 Å². The number of aliphatic hydroxyl groups excluding tert-OH is 1. The van der Waals surface area contributed by atoms with Crippen molar-refractivity contribution < 1.29 is 5.11 Å². The molecule has 2 rings (SSSR count). The normalized spacial score (nSPS) is 23.9. The predicted octanol–water partition coefficient (Wildman–Crippen LogP) is 1.10. The molecule has 0 aliphatic carbocycles. The maximum Gasteiger partial charge on any atom is 0.0795 e. The Balaban J connectivity index is 1.94. The van der Waals surface area contributed by atoms with Gasteiger partial charge in [0.2, 0.25) is 0 Å². The summed E-state index contributed by atoms with van der Waals surface area (Å²) in [5, 5.41) is 11.2. The summed E-state index contributed by atoms with van der Waals surface area (Å²) in [6.45, 7) is 2.28. The average Bonchev–Trinajstić information content (AvgIpc) is 2.76. The van der Waals surface area contributed by atoms with Crippen LogP contribution in [0.3, 0.4) is 0 Å². The molecule has 0 bridgehead atoms. The third kappa shape index (κ3) is 2.07. The SMILES string of the molecule is OC[C@@H]1CCCN1Cc1cscn1. The summed E-state index contributed by atoms with van der Waals surface area (Å²) in [4.78, 5) is 6.56.